The first-order valence-electron chi connectivity index (χ1n) is 8.80. The molecule has 0 atom stereocenters. The van der Waals surface area contributed by atoms with Gasteiger partial charge in [0.2, 0.25) is 5.91 Å². The number of pyridine rings is 1. The molecular formula is C20H23N3O3. The third-order valence-electron chi connectivity index (χ3n) is 4.34. The second-order valence-corrected chi connectivity index (χ2v) is 6.34. The molecule has 2 heterocycles. The molecule has 0 unspecified atom stereocenters. The van der Waals surface area contributed by atoms with Crippen LogP contribution in [0.15, 0.2) is 42.6 Å². The Bertz CT molecular complexity index is 751. The fraction of sp³-hybridized carbons (Fsp3) is 0.350. The molecule has 0 spiro atoms. The summed E-state index contributed by atoms with van der Waals surface area (Å²) in [6, 6.07) is 11.1. The molecule has 136 valence electrons. The standard InChI is InChI=1S/C20H23N3O3/c1-15-2-4-16(5-3-15)18(24)7-9-20(25)22-19-8-6-17(14-21-19)23-10-12-26-13-11-23/h2-6,8,14H,7,9-13H2,1H3,(H,21,22,25). The number of aryl methyl sites for hydroxylation is 1. The molecule has 1 aliphatic rings. The molecule has 1 amide bonds. The molecule has 0 saturated carbocycles. The van der Waals surface area contributed by atoms with Crippen LogP contribution in [0.5, 0.6) is 0 Å². The van der Waals surface area contributed by atoms with Gasteiger partial charge in [0.1, 0.15) is 5.82 Å². The molecule has 1 fully saturated rings. The third kappa shape index (κ3) is 4.89. The lowest BCUT2D eigenvalue weighted by atomic mass is 10.1. The van der Waals surface area contributed by atoms with Gasteiger partial charge in [0.15, 0.2) is 5.78 Å². The molecule has 1 aromatic heterocycles. The highest BCUT2D eigenvalue weighted by Gasteiger charge is 2.13. The van der Waals surface area contributed by atoms with E-state index in [-0.39, 0.29) is 24.5 Å². The molecule has 2 aromatic rings. The molecule has 1 aliphatic heterocycles. The first-order valence-corrected chi connectivity index (χ1v) is 8.80. The maximum atomic E-state index is 12.1. The molecule has 26 heavy (non-hydrogen) atoms. The van der Waals surface area contributed by atoms with Crippen molar-refractivity contribution in [3.8, 4) is 0 Å². The maximum absolute atomic E-state index is 12.1. The number of ether oxygens (including phenoxy) is 1. The van der Waals surface area contributed by atoms with Gasteiger partial charge in [0.25, 0.3) is 0 Å². The van der Waals surface area contributed by atoms with Gasteiger partial charge in [0.05, 0.1) is 25.1 Å². The van der Waals surface area contributed by atoms with Crippen LogP contribution in [0.3, 0.4) is 0 Å². The molecule has 1 N–H and O–H groups in total. The van der Waals surface area contributed by atoms with E-state index < -0.39 is 0 Å². The van der Waals surface area contributed by atoms with Crippen molar-refractivity contribution in [3.63, 3.8) is 0 Å². The highest BCUT2D eigenvalue weighted by Crippen LogP contribution is 2.16. The molecule has 0 aliphatic carbocycles. The molecule has 6 heteroatoms. The Kier molecular flexibility index (Phi) is 5.96. The van der Waals surface area contributed by atoms with Crippen LogP contribution >= 0.6 is 0 Å². The van der Waals surface area contributed by atoms with E-state index >= 15 is 0 Å². The summed E-state index contributed by atoms with van der Waals surface area (Å²) in [4.78, 5) is 30.7. The Labute approximate surface area is 153 Å². The van der Waals surface area contributed by atoms with E-state index in [0.717, 1.165) is 24.3 Å². The zero-order chi connectivity index (χ0) is 18.4. The molecule has 1 saturated heterocycles. The number of ketones is 1. The third-order valence-corrected chi connectivity index (χ3v) is 4.34. The van der Waals surface area contributed by atoms with E-state index in [2.05, 4.69) is 15.2 Å². The smallest absolute Gasteiger partial charge is 0.225 e. The van der Waals surface area contributed by atoms with Crippen molar-refractivity contribution in [3.05, 3.63) is 53.7 Å². The number of carbonyl (C=O) groups excluding carboxylic acids is 2. The average Bonchev–Trinajstić information content (AvgIpc) is 2.68. The van der Waals surface area contributed by atoms with Crippen molar-refractivity contribution in [1.82, 2.24) is 4.98 Å². The molecule has 0 radical (unpaired) electrons. The summed E-state index contributed by atoms with van der Waals surface area (Å²) in [6.45, 7) is 5.09. The molecule has 0 bridgehead atoms. The number of nitrogens with zero attached hydrogens (tertiary/aromatic N) is 2. The van der Waals surface area contributed by atoms with E-state index in [9.17, 15) is 9.59 Å². The Morgan fingerprint density at radius 2 is 1.81 bits per heavy atom. The monoisotopic (exact) mass is 353 g/mol. The predicted molar refractivity (Wildman–Crippen MR) is 101 cm³/mol. The topological polar surface area (TPSA) is 71.5 Å². The van der Waals surface area contributed by atoms with Gasteiger partial charge in [-0.25, -0.2) is 4.98 Å². The summed E-state index contributed by atoms with van der Waals surface area (Å²) in [5, 5.41) is 2.74. The Morgan fingerprint density at radius 3 is 2.46 bits per heavy atom. The van der Waals surface area contributed by atoms with Crippen LogP contribution in [0.2, 0.25) is 0 Å². The van der Waals surface area contributed by atoms with Crippen molar-refractivity contribution in [1.29, 1.82) is 0 Å². The van der Waals surface area contributed by atoms with E-state index in [0.29, 0.717) is 24.6 Å². The zero-order valence-corrected chi connectivity index (χ0v) is 14.9. The lowest BCUT2D eigenvalue weighted by Crippen LogP contribution is -2.36. The van der Waals surface area contributed by atoms with E-state index in [1.807, 2.05) is 25.1 Å². The van der Waals surface area contributed by atoms with Crippen molar-refractivity contribution in [2.75, 3.05) is 36.5 Å². The largest absolute Gasteiger partial charge is 0.378 e. The quantitative estimate of drug-likeness (QED) is 0.809. The number of anilines is 2. The number of aromatic nitrogens is 1. The number of Topliss-reactive ketones (excluding diaryl/α,β-unsaturated/α-hetero) is 1. The summed E-state index contributed by atoms with van der Waals surface area (Å²) >= 11 is 0. The highest BCUT2D eigenvalue weighted by molar-refractivity contribution is 5.99. The lowest BCUT2D eigenvalue weighted by Gasteiger charge is -2.28. The highest BCUT2D eigenvalue weighted by atomic mass is 16.5. The number of hydrogen-bond donors (Lipinski definition) is 1. The second-order valence-electron chi connectivity index (χ2n) is 6.34. The Morgan fingerprint density at radius 1 is 1.08 bits per heavy atom. The number of amides is 1. The summed E-state index contributed by atoms with van der Waals surface area (Å²) in [7, 11) is 0. The van der Waals surface area contributed by atoms with E-state index in [1.165, 1.54) is 0 Å². The summed E-state index contributed by atoms with van der Waals surface area (Å²) in [5.41, 5.74) is 2.75. The predicted octanol–water partition coefficient (Wildman–Crippen LogP) is 2.83. The average molecular weight is 353 g/mol. The Hall–Kier alpha value is -2.73. The molecular weight excluding hydrogens is 330 g/mol. The van der Waals surface area contributed by atoms with Gasteiger partial charge in [-0.2, -0.15) is 0 Å². The van der Waals surface area contributed by atoms with Gasteiger partial charge in [-0.05, 0) is 19.1 Å². The molecule has 1 aromatic carbocycles. The molecule has 6 nitrogen and oxygen atoms in total. The van der Waals surface area contributed by atoms with Gasteiger partial charge in [-0.3, -0.25) is 9.59 Å². The van der Waals surface area contributed by atoms with Gasteiger partial charge in [-0.1, -0.05) is 29.8 Å². The van der Waals surface area contributed by atoms with E-state index in [4.69, 9.17) is 4.74 Å². The summed E-state index contributed by atoms with van der Waals surface area (Å²) < 4.78 is 5.33. The minimum absolute atomic E-state index is 0.0317. The van der Waals surface area contributed by atoms with Crippen LogP contribution in [-0.2, 0) is 9.53 Å². The number of carbonyl (C=O) groups is 2. The normalized spacial score (nSPS) is 14.1. The molecule has 3 rings (SSSR count). The minimum atomic E-state index is -0.211. The van der Waals surface area contributed by atoms with Crippen LogP contribution in [0.25, 0.3) is 0 Å². The van der Waals surface area contributed by atoms with Crippen molar-refractivity contribution < 1.29 is 14.3 Å². The van der Waals surface area contributed by atoms with Crippen molar-refractivity contribution in [2.45, 2.75) is 19.8 Å². The fourth-order valence-corrected chi connectivity index (χ4v) is 2.78. The van der Waals surface area contributed by atoms with Crippen LogP contribution in [-0.4, -0.2) is 43.0 Å². The number of morpholine rings is 1. The van der Waals surface area contributed by atoms with Crippen LogP contribution in [0.4, 0.5) is 11.5 Å². The van der Waals surface area contributed by atoms with Gasteiger partial charge in [-0.15, -0.1) is 0 Å². The summed E-state index contributed by atoms with van der Waals surface area (Å²) in [5.74, 6) is 0.252. The number of rotatable bonds is 6. The van der Waals surface area contributed by atoms with Gasteiger partial charge >= 0.3 is 0 Å². The minimum Gasteiger partial charge on any atom is -0.378 e. The fourth-order valence-electron chi connectivity index (χ4n) is 2.78. The number of hydrogen-bond acceptors (Lipinski definition) is 5. The van der Waals surface area contributed by atoms with Gasteiger partial charge < -0.3 is 15.0 Å². The summed E-state index contributed by atoms with van der Waals surface area (Å²) in [6.07, 6.45) is 2.07. The number of benzene rings is 1. The van der Waals surface area contributed by atoms with Crippen molar-refractivity contribution >= 4 is 23.2 Å². The SMILES string of the molecule is Cc1ccc(C(=O)CCC(=O)Nc2ccc(N3CCOCC3)cn2)cc1. The first kappa shape index (κ1) is 18.1. The first-order chi connectivity index (χ1) is 12.6. The van der Waals surface area contributed by atoms with Crippen LogP contribution in [0.1, 0.15) is 28.8 Å². The lowest BCUT2D eigenvalue weighted by molar-refractivity contribution is -0.116. The van der Waals surface area contributed by atoms with Crippen LogP contribution in [0, 0.1) is 6.92 Å². The van der Waals surface area contributed by atoms with Crippen LogP contribution < -0.4 is 10.2 Å². The maximum Gasteiger partial charge on any atom is 0.225 e. The zero-order valence-electron chi connectivity index (χ0n) is 14.9. The van der Waals surface area contributed by atoms with E-state index in [1.54, 1.807) is 24.4 Å². The number of nitrogens with one attached hydrogen (secondary N) is 1. The Balaban J connectivity index is 1.48. The van der Waals surface area contributed by atoms with Gasteiger partial charge in [0, 0.05) is 31.5 Å². The van der Waals surface area contributed by atoms with Crippen molar-refractivity contribution in [2.24, 2.45) is 0 Å². The second kappa shape index (κ2) is 8.58.